The Morgan fingerprint density at radius 2 is 1.82 bits per heavy atom. The molecule has 1 N–H and O–H groups in total. The lowest BCUT2D eigenvalue weighted by molar-refractivity contribution is -0.125. The third-order valence-corrected chi connectivity index (χ3v) is 7.18. The van der Waals surface area contributed by atoms with Crippen molar-refractivity contribution in [2.24, 2.45) is 25.9 Å². The van der Waals surface area contributed by atoms with Gasteiger partial charge in [0.05, 0.1) is 5.92 Å². The fraction of sp³-hybridized carbons (Fsp3) is 0.560. The average molecular weight is 472 g/mol. The highest BCUT2D eigenvalue weighted by molar-refractivity contribution is 5.79. The number of nitrogens with zero attached hydrogens (tertiary/aromatic N) is 4. The van der Waals surface area contributed by atoms with Crippen LogP contribution in [0.15, 0.2) is 39.9 Å². The van der Waals surface area contributed by atoms with Crippen LogP contribution in [0.4, 0.5) is 10.2 Å². The van der Waals surface area contributed by atoms with E-state index in [0.29, 0.717) is 31.4 Å². The summed E-state index contributed by atoms with van der Waals surface area (Å²) in [7, 11) is 3.12. The predicted molar refractivity (Wildman–Crippen MR) is 129 cm³/mol. The van der Waals surface area contributed by atoms with Gasteiger partial charge >= 0.3 is 5.69 Å². The maximum Gasteiger partial charge on any atom is 0.332 e. The van der Waals surface area contributed by atoms with Gasteiger partial charge in [0.2, 0.25) is 5.91 Å². The summed E-state index contributed by atoms with van der Waals surface area (Å²) < 4.78 is 16.0. The number of carbonyl (C=O) groups excluding carboxylic acids is 1. The number of amides is 1. The van der Waals surface area contributed by atoms with E-state index in [1.54, 1.807) is 19.2 Å². The Balaban J connectivity index is 1.26. The van der Waals surface area contributed by atoms with Crippen LogP contribution >= 0.6 is 0 Å². The molecule has 0 bridgehead atoms. The molecule has 3 heterocycles. The minimum atomic E-state index is -0.363. The van der Waals surface area contributed by atoms with Crippen molar-refractivity contribution in [3.63, 3.8) is 0 Å². The zero-order chi connectivity index (χ0) is 24.2. The minimum absolute atomic E-state index is 0.0423. The molecule has 8 nitrogen and oxygen atoms in total. The van der Waals surface area contributed by atoms with Crippen LogP contribution in [0.25, 0.3) is 0 Å². The molecule has 0 radical (unpaired) electrons. The van der Waals surface area contributed by atoms with Crippen molar-refractivity contribution >= 4 is 11.7 Å². The van der Waals surface area contributed by atoms with Crippen molar-refractivity contribution in [2.45, 2.75) is 32.2 Å². The maximum atomic E-state index is 13.4. The first kappa shape index (κ1) is 24.2. The van der Waals surface area contributed by atoms with Crippen LogP contribution in [0, 0.1) is 17.7 Å². The lowest BCUT2D eigenvalue weighted by Gasteiger charge is -2.35. The molecule has 0 spiro atoms. The van der Waals surface area contributed by atoms with Crippen LogP contribution in [0.1, 0.15) is 31.2 Å². The van der Waals surface area contributed by atoms with E-state index in [0.717, 1.165) is 55.4 Å². The van der Waals surface area contributed by atoms with E-state index in [4.69, 9.17) is 0 Å². The summed E-state index contributed by atoms with van der Waals surface area (Å²) >= 11 is 0. The van der Waals surface area contributed by atoms with E-state index in [1.807, 2.05) is 11.0 Å². The first-order valence-corrected chi connectivity index (χ1v) is 12.1. The van der Waals surface area contributed by atoms with Crippen molar-refractivity contribution in [1.29, 1.82) is 0 Å². The Morgan fingerprint density at radius 1 is 1.06 bits per heavy atom. The monoisotopic (exact) mass is 471 g/mol. The summed E-state index contributed by atoms with van der Waals surface area (Å²) in [5, 5.41) is 3.14. The van der Waals surface area contributed by atoms with Crippen molar-refractivity contribution < 1.29 is 9.18 Å². The highest BCUT2D eigenvalue weighted by Gasteiger charge is 2.28. The van der Waals surface area contributed by atoms with Gasteiger partial charge < -0.3 is 10.2 Å². The largest absolute Gasteiger partial charge is 0.357 e. The molecule has 9 heteroatoms. The number of aromatic nitrogens is 2. The van der Waals surface area contributed by atoms with Gasteiger partial charge in [0.15, 0.2) is 0 Å². The molecule has 184 valence electrons. The van der Waals surface area contributed by atoms with Gasteiger partial charge in [0.25, 0.3) is 5.56 Å². The van der Waals surface area contributed by atoms with Gasteiger partial charge in [0, 0.05) is 46.3 Å². The van der Waals surface area contributed by atoms with Crippen molar-refractivity contribution in [2.75, 3.05) is 37.6 Å². The molecule has 0 aliphatic carbocycles. The molecule has 0 saturated carbocycles. The zero-order valence-corrected chi connectivity index (χ0v) is 20.0. The number of nitrogens with one attached hydrogen (secondary N) is 1. The van der Waals surface area contributed by atoms with E-state index >= 15 is 0 Å². The lowest BCUT2D eigenvalue weighted by atomic mass is 9.94. The second-order valence-electron chi connectivity index (χ2n) is 9.62. The van der Waals surface area contributed by atoms with Crippen LogP contribution in [0.5, 0.6) is 0 Å². The number of hydrogen-bond donors (Lipinski definition) is 1. The second-order valence-corrected chi connectivity index (χ2v) is 9.62. The van der Waals surface area contributed by atoms with Crippen molar-refractivity contribution in [3.05, 3.63) is 62.6 Å². The summed E-state index contributed by atoms with van der Waals surface area (Å²) in [5.74, 6) is 0.677. The molecule has 2 saturated heterocycles. The molecule has 1 atom stereocenters. The standard InChI is InChI=1S/C25H34FN5O3/c1-28-22(14-23(32)29(2)25(28)34)31-10-4-6-20(17-31)24(33)27-15-18-8-11-30(12-9-18)16-19-5-3-7-21(26)13-19/h3,5,7,13-14,18,20H,4,6,8-12,15-17H2,1-2H3,(H,27,33)/t20-/m1/s1. The quantitative estimate of drug-likeness (QED) is 0.690. The third kappa shape index (κ3) is 5.58. The van der Waals surface area contributed by atoms with E-state index in [2.05, 4.69) is 10.2 Å². The summed E-state index contributed by atoms with van der Waals surface area (Å²) in [4.78, 5) is 41.6. The third-order valence-electron chi connectivity index (χ3n) is 7.18. The molecule has 2 aliphatic heterocycles. The van der Waals surface area contributed by atoms with E-state index < -0.39 is 0 Å². The van der Waals surface area contributed by atoms with Gasteiger partial charge in [-0.3, -0.25) is 23.6 Å². The highest BCUT2D eigenvalue weighted by atomic mass is 19.1. The molecule has 1 aromatic heterocycles. The number of carbonyl (C=O) groups is 1. The van der Waals surface area contributed by atoms with E-state index in [1.165, 1.54) is 23.7 Å². The summed E-state index contributed by atoms with van der Waals surface area (Å²) in [6.07, 6.45) is 3.64. The molecule has 2 aliphatic rings. The smallest absolute Gasteiger partial charge is 0.332 e. The van der Waals surface area contributed by atoms with Gasteiger partial charge in [0.1, 0.15) is 11.6 Å². The average Bonchev–Trinajstić information content (AvgIpc) is 2.84. The number of rotatable bonds is 6. The van der Waals surface area contributed by atoms with E-state index in [-0.39, 0.29) is 28.9 Å². The normalized spacial score (nSPS) is 19.9. The summed E-state index contributed by atoms with van der Waals surface area (Å²) in [5.41, 5.74) is 0.286. The number of anilines is 1. The van der Waals surface area contributed by atoms with Gasteiger partial charge in [-0.05, 0) is 62.4 Å². The number of benzene rings is 1. The predicted octanol–water partition coefficient (Wildman–Crippen LogP) is 1.47. The first-order chi connectivity index (χ1) is 16.3. The Bertz CT molecular complexity index is 1140. The first-order valence-electron chi connectivity index (χ1n) is 12.1. The molecular weight excluding hydrogens is 437 g/mol. The van der Waals surface area contributed by atoms with Crippen LogP contribution in [0.2, 0.25) is 0 Å². The number of halogens is 1. The van der Waals surface area contributed by atoms with Crippen LogP contribution < -0.4 is 21.5 Å². The fourth-order valence-corrected chi connectivity index (χ4v) is 5.06. The second kappa shape index (κ2) is 10.5. The summed E-state index contributed by atoms with van der Waals surface area (Å²) in [6.45, 7) is 4.50. The van der Waals surface area contributed by atoms with Crippen LogP contribution in [0.3, 0.4) is 0 Å². The van der Waals surface area contributed by atoms with Gasteiger partial charge in [-0.15, -0.1) is 0 Å². The van der Waals surface area contributed by atoms with Gasteiger partial charge in [-0.25, -0.2) is 9.18 Å². The van der Waals surface area contributed by atoms with Gasteiger partial charge in [-0.2, -0.15) is 0 Å². The van der Waals surface area contributed by atoms with Crippen molar-refractivity contribution in [3.8, 4) is 0 Å². The van der Waals surface area contributed by atoms with Gasteiger partial charge in [-0.1, -0.05) is 12.1 Å². The molecule has 34 heavy (non-hydrogen) atoms. The number of hydrogen-bond acceptors (Lipinski definition) is 5. The maximum absolute atomic E-state index is 13.4. The Labute approximate surface area is 199 Å². The molecule has 1 amide bonds. The molecular formula is C25H34FN5O3. The number of piperidine rings is 2. The molecule has 1 aromatic carbocycles. The highest BCUT2D eigenvalue weighted by Crippen LogP contribution is 2.23. The Hall–Kier alpha value is -2.94. The number of likely N-dealkylation sites (tertiary alicyclic amines) is 1. The Morgan fingerprint density at radius 3 is 2.56 bits per heavy atom. The fourth-order valence-electron chi connectivity index (χ4n) is 5.06. The topological polar surface area (TPSA) is 79.6 Å². The Kier molecular flexibility index (Phi) is 7.50. The molecule has 2 aromatic rings. The van der Waals surface area contributed by atoms with E-state index in [9.17, 15) is 18.8 Å². The SMILES string of the molecule is Cn1c(N2CCC[C@@H](C(=O)NCC3CCN(Cc4cccc(F)c4)CC3)C2)cc(=O)n(C)c1=O. The molecule has 4 rings (SSSR count). The summed E-state index contributed by atoms with van der Waals surface area (Å²) in [6, 6.07) is 8.22. The molecule has 0 unspecified atom stereocenters. The zero-order valence-electron chi connectivity index (χ0n) is 20.0. The van der Waals surface area contributed by atoms with Crippen molar-refractivity contribution in [1.82, 2.24) is 19.4 Å². The molecule has 2 fully saturated rings. The van der Waals surface area contributed by atoms with Crippen LogP contribution in [-0.2, 0) is 25.4 Å². The van der Waals surface area contributed by atoms with Crippen LogP contribution in [-0.4, -0.2) is 52.7 Å². The lowest BCUT2D eigenvalue weighted by Crippen LogP contribution is -2.47. The minimum Gasteiger partial charge on any atom is -0.357 e.